The zero-order chi connectivity index (χ0) is 21.5. The highest BCUT2D eigenvalue weighted by Gasteiger charge is 2.23. The molecule has 158 valence electrons. The van der Waals surface area contributed by atoms with Crippen molar-refractivity contribution in [1.29, 1.82) is 0 Å². The fourth-order valence-corrected chi connectivity index (χ4v) is 3.53. The molecule has 0 atom stereocenters. The zero-order valence-electron chi connectivity index (χ0n) is 17.8. The highest BCUT2D eigenvalue weighted by atomic mass is 16.5. The van der Waals surface area contributed by atoms with Crippen molar-refractivity contribution >= 4 is 5.78 Å². The van der Waals surface area contributed by atoms with E-state index < -0.39 is 5.60 Å². The lowest BCUT2D eigenvalue weighted by atomic mass is 9.98. The fourth-order valence-electron chi connectivity index (χ4n) is 3.53. The molecule has 0 bridgehead atoms. The summed E-state index contributed by atoms with van der Waals surface area (Å²) in [6, 6.07) is 7.58. The van der Waals surface area contributed by atoms with Crippen LogP contribution in [0, 0.1) is 0 Å². The van der Waals surface area contributed by atoms with Crippen LogP contribution in [0.25, 0.3) is 17.2 Å². The quantitative estimate of drug-likeness (QED) is 0.627. The largest absolute Gasteiger partial charge is 0.491 e. The summed E-state index contributed by atoms with van der Waals surface area (Å²) in [6.07, 6.45) is 2.91. The number of rotatable bonds is 6. The minimum Gasteiger partial charge on any atom is -0.491 e. The number of ketones is 1. The van der Waals surface area contributed by atoms with Gasteiger partial charge in [0.05, 0.1) is 12.2 Å². The number of ether oxygens (including phenoxy) is 1. The van der Waals surface area contributed by atoms with Gasteiger partial charge in [0.25, 0.3) is 0 Å². The molecule has 0 amide bonds. The van der Waals surface area contributed by atoms with Gasteiger partial charge in [-0.2, -0.15) is 10.2 Å². The molecule has 3 aromatic rings. The lowest BCUT2D eigenvalue weighted by molar-refractivity contribution is 0.0633. The van der Waals surface area contributed by atoms with Crippen molar-refractivity contribution in [3.8, 4) is 23.0 Å². The summed E-state index contributed by atoms with van der Waals surface area (Å²) in [5.74, 6) is 1.39. The van der Waals surface area contributed by atoms with E-state index in [1.54, 1.807) is 19.9 Å². The monoisotopic (exact) mass is 409 g/mol. The zero-order valence-corrected chi connectivity index (χ0v) is 17.8. The summed E-state index contributed by atoms with van der Waals surface area (Å²) >= 11 is 0. The van der Waals surface area contributed by atoms with E-state index >= 15 is 0 Å². The van der Waals surface area contributed by atoms with Crippen LogP contribution < -0.4 is 4.74 Å². The number of Topliss-reactive ketones (excluding diaryl/α,β-unsaturated/α-hetero) is 1. The third-order valence-electron chi connectivity index (χ3n) is 5.16. The first-order valence-corrected chi connectivity index (χ1v) is 10.2. The molecular formula is C22H27N5O3. The second kappa shape index (κ2) is 7.68. The van der Waals surface area contributed by atoms with Crippen LogP contribution in [0.2, 0.25) is 0 Å². The summed E-state index contributed by atoms with van der Waals surface area (Å²) in [4.78, 5) is 17.1. The predicted octanol–water partition coefficient (Wildman–Crippen LogP) is 3.38. The van der Waals surface area contributed by atoms with E-state index in [9.17, 15) is 9.90 Å². The molecule has 3 heterocycles. The van der Waals surface area contributed by atoms with Gasteiger partial charge in [-0.25, -0.2) is 14.3 Å². The summed E-state index contributed by atoms with van der Waals surface area (Å²) in [5, 5.41) is 19.0. The molecule has 8 nitrogen and oxygen atoms in total. The lowest BCUT2D eigenvalue weighted by Crippen LogP contribution is -2.20. The molecular weight excluding hydrogens is 382 g/mol. The third kappa shape index (κ3) is 4.00. The van der Waals surface area contributed by atoms with Crippen LogP contribution in [0.3, 0.4) is 0 Å². The molecule has 4 rings (SSSR count). The van der Waals surface area contributed by atoms with Gasteiger partial charge in [0.1, 0.15) is 23.5 Å². The summed E-state index contributed by atoms with van der Waals surface area (Å²) in [5.41, 5.74) is 2.17. The molecule has 0 spiro atoms. The van der Waals surface area contributed by atoms with Crippen molar-refractivity contribution in [2.24, 2.45) is 0 Å². The molecule has 0 radical (unpaired) electrons. The summed E-state index contributed by atoms with van der Waals surface area (Å²) < 4.78 is 9.57. The molecule has 2 aromatic heterocycles. The van der Waals surface area contributed by atoms with Crippen molar-refractivity contribution in [2.75, 3.05) is 6.61 Å². The molecule has 0 saturated heterocycles. The lowest BCUT2D eigenvalue weighted by Gasteiger charge is -2.16. The SMILES string of the molecule is CC(C)n1ncnc1-c1cc2n(n1)-c1cc(C(=O)CCC(C)(C)O)ccc1OCC2. The molecule has 1 N–H and O–H groups in total. The number of nitrogens with zero attached hydrogens (tertiary/aromatic N) is 5. The van der Waals surface area contributed by atoms with Gasteiger partial charge in [0.2, 0.25) is 0 Å². The van der Waals surface area contributed by atoms with Crippen molar-refractivity contribution < 1.29 is 14.6 Å². The minimum absolute atomic E-state index is 0.0161. The van der Waals surface area contributed by atoms with Crippen molar-refractivity contribution in [3.05, 3.63) is 41.9 Å². The van der Waals surface area contributed by atoms with Crippen LogP contribution in [0.1, 0.15) is 62.6 Å². The van der Waals surface area contributed by atoms with E-state index in [-0.39, 0.29) is 18.2 Å². The van der Waals surface area contributed by atoms with Crippen molar-refractivity contribution in [2.45, 2.75) is 58.6 Å². The Hall–Kier alpha value is -3.00. The van der Waals surface area contributed by atoms with Gasteiger partial charge in [0, 0.05) is 30.1 Å². The van der Waals surface area contributed by atoms with E-state index in [4.69, 9.17) is 9.84 Å². The average Bonchev–Trinajstić information content (AvgIpc) is 3.29. The maximum atomic E-state index is 12.7. The van der Waals surface area contributed by atoms with Crippen LogP contribution in [-0.2, 0) is 6.42 Å². The second-order valence-corrected chi connectivity index (χ2v) is 8.57. The van der Waals surface area contributed by atoms with Crippen LogP contribution in [0.4, 0.5) is 0 Å². The van der Waals surface area contributed by atoms with Gasteiger partial charge in [0.15, 0.2) is 11.6 Å². The number of aliphatic hydroxyl groups is 1. The number of carbonyl (C=O) groups excluding carboxylic acids is 1. The standard InChI is InChI=1S/C22H27N5O3/c1-14(2)26-21(23-13-24-26)17-12-16-8-10-30-20-6-5-15(11-18(20)27(16)25-17)19(28)7-9-22(3,4)29/h5-6,11-14,29H,7-10H2,1-4H3. The molecule has 1 aliphatic heterocycles. The molecule has 1 aromatic carbocycles. The van der Waals surface area contributed by atoms with E-state index in [0.717, 1.165) is 17.1 Å². The number of aromatic nitrogens is 5. The number of hydrogen-bond acceptors (Lipinski definition) is 6. The first-order valence-electron chi connectivity index (χ1n) is 10.2. The van der Waals surface area contributed by atoms with E-state index in [1.165, 1.54) is 6.33 Å². The topological polar surface area (TPSA) is 95.1 Å². The van der Waals surface area contributed by atoms with Gasteiger partial charge in [-0.3, -0.25) is 4.79 Å². The van der Waals surface area contributed by atoms with Crippen LogP contribution >= 0.6 is 0 Å². The van der Waals surface area contributed by atoms with E-state index in [1.807, 2.05) is 41.4 Å². The van der Waals surface area contributed by atoms with Crippen LogP contribution in [0.5, 0.6) is 5.75 Å². The Kier molecular flexibility index (Phi) is 5.19. The first-order chi connectivity index (χ1) is 14.2. The van der Waals surface area contributed by atoms with Gasteiger partial charge in [-0.15, -0.1) is 0 Å². The predicted molar refractivity (Wildman–Crippen MR) is 112 cm³/mol. The molecule has 30 heavy (non-hydrogen) atoms. The van der Waals surface area contributed by atoms with Crippen molar-refractivity contribution in [1.82, 2.24) is 24.5 Å². The van der Waals surface area contributed by atoms with Crippen molar-refractivity contribution in [3.63, 3.8) is 0 Å². The highest BCUT2D eigenvalue weighted by molar-refractivity contribution is 5.97. The first kappa shape index (κ1) is 20.3. The second-order valence-electron chi connectivity index (χ2n) is 8.57. The fraction of sp³-hybridized carbons (Fsp3) is 0.455. The minimum atomic E-state index is -0.874. The molecule has 0 fully saturated rings. The molecule has 0 saturated carbocycles. The number of hydrogen-bond donors (Lipinski definition) is 1. The summed E-state index contributed by atoms with van der Waals surface area (Å²) in [7, 11) is 0. The van der Waals surface area contributed by atoms with Crippen LogP contribution in [-0.4, -0.2) is 47.6 Å². The van der Waals surface area contributed by atoms with E-state index in [2.05, 4.69) is 10.1 Å². The Balaban J connectivity index is 1.71. The summed E-state index contributed by atoms with van der Waals surface area (Å²) in [6.45, 7) is 8.04. The van der Waals surface area contributed by atoms with E-state index in [0.29, 0.717) is 36.6 Å². The Morgan fingerprint density at radius 3 is 2.83 bits per heavy atom. The number of carbonyl (C=O) groups is 1. The Morgan fingerprint density at radius 2 is 2.10 bits per heavy atom. The Bertz CT molecular complexity index is 1070. The van der Waals surface area contributed by atoms with Gasteiger partial charge in [-0.1, -0.05) is 0 Å². The third-order valence-corrected chi connectivity index (χ3v) is 5.16. The van der Waals surface area contributed by atoms with Gasteiger partial charge < -0.3 is 9.84 Å². The van der Waals surface area contributed by atoms with Crippen LogP contribution in [0.15, 0.2) is 30.6 Å². The Morgan fingerprint density at radius 1 is 1.30 bits per heavy atom. The van der Waals surface area contributed by atoms with Gasteiger partial charge >= 0.3 is 0 Å². The Labute approximate surface area is 175 Å². The maximum absolute atomic E-state index is 12.7. The molecule has 1 aliphatic rings. The molecule has 0 unspecified atom stereocenters. The average molecular weight is 409 g/mol. The number of fused-ring (bicyclic) bond motifs is 3. The normalized spacial score (nSPS) is 13.5. The molecule has 0 aliphatic carbocycles. The maximum Gasteiger partial charge on any atom is 0.178 e. The highest BCUT2D eigenvalue weighted by Crippen LogP contribution is 2.31. The molecule has 8 heteroatoms. The smallest absolute Gasteiger partial charge is 0.178 e. The van der Waals surface area contributed by atoms with Gasteiger partial charge in [-0.05, 0) is 58.4 Å². The number of benzene rings is 1.